The number of aliphatic hydroxyl groups excluding tert-OH is 1. The molecule has 3 aromatic rings. The Morgan fingerprint density at radius 3 is 2.41 bits per heavy atom. The summed E-state index contributed by atoms with van der Waals surface area (Å²) in [6.45, 7) is 10.5. The average Bonchev–Trinajstić information content (AvgIpc) is 3.50. The number of carbonyl (C=O) groups excluding carboxylic acids is 2. The van der Waals surface area contributed by atoms with Gasteiger partial charge in [-0.05, 0) is 43.0 Å². The van der Waals surface area contributed by atoms with Crippen LogP contribution in [0.1, 0.15) is 51.5 Å². The summed E-state index contributed by atoms with van der Waals surface area (Å²) in [6.07, 6.45) is 2.32. The number of halogens is 1. The molecule has 0 bridgehead atoms. The predicted molar refractivity (Wildman–Crippen MR) is 147 cm³/mol. The molecule has 2 aromatic carbocycles. The molecule has 2 heterocycles. The maximum absolute atomic E-state index is 12.1. The van der Waals surface area contributed by atoms with Gasteiger partial charge in [0.15, 0.2) is 0 Å². The molecule has 1 aliphatic heterocycles. The number of aromatic amines is 1. The van der Waals surface area contributed by atoms with Gasteiger partial charge in [-0.15, -0.1) is 0 Å². The number of amides is 3. The fourth-order valence-electron chi connectivity index (χ4n) is 3.70. The topological polar surface area (TPSA) is 108 Å². The predicted octanol–water partition coefficient (Wildman–Crippen LogP) is 5.76. The second-order valence-corrected chi connectivity index (χ2v) is 9.03. The SMILES string of the molecule is CC.Cc1ccc(-c2cnc(C(CC(C)C)N3C(=O)CNC3=O)[nH]2)c(Cl)c1.OCCOc1ccccc1. The van der Waals surface area contributed by atoms with E-state index in [-0.39, 0.29) is 25.1 Å². The number of urea groups is 1. The number of para-hydroxylation sites is 1. The van der Waals surface area contributed by atoms with Gasteiger partial charge in [0.05, 0.1) is 36.1 Å². The van der Waals surface area contributed by atoms with Gasteiger partial charge < -0.3 is 20.1 Å². The van der Waals surface area contributed by atoms with Gasteiger partial charge in [0.2, 0.25) is 0 Å². The number of benzene rings is 2. The molecule has 1 aromatic heterocycles. The molecule has 3 N–H and O–H groups in total. The Bertz CT molecular complexity index is 1120. The standard InChI is InChI=1S/C18H21ClN4O2.C8H10O2.C2H6/c1-10(2)6-15(23-16(24)9-21-18(23)25)17-20-8-14(22-17)12-5-4-11(3)7-13(12)19;9-6-7-10-8-4-2-1-3-5-8;1-2/h4-5,7-8,10,15H,6,9H2,1-3H3,(H,20,22)(H,21,25);1-5,9H,6-7H2;1-2H3. The molecule has 3 amide bonds. The summed E-state index contributed by atoms with van der Waals surface area (Å²) in [7, 11) is 0. The molecule has 4 rings (SSSR count). The summed E-state index contributed by atoms with van der Waals surface area (Å²) in [4.78, 5) is 33.2. The molecule has 0 radical (unpaired) electrons. The molecule has 1 atom stereocenters. The highest BCUT2D eigenvalue weighted by atomic mass is 35.5. The van der Waals surface area contributed by atoms with Gasteiger partial charge >= 0.3 is 6.03 Å². The molecule has 1 fully saturated rings. The van der Waals surface area contributed by atoms with Crippen molar-refractivity contribution in [3.8, 4) is 17.0 Å². The summed E-state index contributed by atoms with van der Waals surface area (Å²) < 4.78 is 5.11. The molecule has 0 spiro atoms. The summed E-state index contributed by atoms with van der Waals surface area (Å²) in [5, 5.41) is 11.6. The summed E-state index contributed by atoms with van der Waals surface area (Å²) >= 11 is 6.33. The molecule has 1 unspecified atom stereocenters. The third-order valence-corrected chi connectivity index (χ3v) is 5.63. The van der Waals surface area contributed by atoms with Crippen LogP contribution in [0.4, 0.5) is 4.79 Å². The van der Waals surface area contributed by atoms with Crippen LogP contribution in [0.2, 0.25) is 5.02 Å². The van der Waals surface area contributed by atoms with E-state index in [1.54, 1.807) is 6.20 Å². The van der Waals surface area contributed by atoms with E-state index < -0.39 is 6.04 Å². The van der Waals surface area contributed by atoms with Crippen molar-refractivity contribution in [2.45, 2.75) is 47.1 Å². The third kappa shape index (κ3) is 8.61. The van der Waals surface area contributed by atoms with E-state index in [0.717, 1.165) is 22.6 Å². The first kappa shape index (κ1) is 29.9. The Morgan fingerprint density at radius 1 is 1.14 bits per heavy atom. The van der Waals surface area contributed by atoms with Crippen LogP contribution in [0.25, 0.3) is 11.3 Å². The number of imide groups is 1. The third-order valence-electron chi connectivity index (χ3n) is 5.31. The van der Waals surface area contributed by atoms with Crippen LogP contribution >= 0.6 is 11.6 Å². The molecule has 8 nitrogen and oxygen atoms in total. The fourth-order valence-corrected chi connectivity index (χ4v) is 4.03. The minimum atomic E-state index is -0.423. The van der Waals surface area contributed by atoms with Gasteiger partial charge in [0.25, 0.3) is 5.91 Å². The van der Waals surface area contributed by atoms with E-state index in [4.69, 9.17) is 21.4 Å². The average molecular weight is 529 g/mol. The number of hydrogen-bond donors (Lipinski definition) is 3. The number of nitrogens with zero attached hydrogens (tertiary/aromatic N) is 2. The summed E-state index contributed by atoms with van der Waals surface area (Å²) in [5.74, 6) is 1.45. The van der Waals surface area contributed by atoms with Crippen LogP contribution in [0.15, 0.2) is 54.7 Å². The maximum atomic E-state index is 12.1. The highest BCUT2D eigenvalue weighted by Crippen LogP contribution is 2.32. The van der Waals surface area contributed by atoms with E-state index in [9.17, 15) is 9.59 Å². The number of imidazole rings is 1. The zero-order valence-corrected chi connectivity index (χ0v) is 22.9. The highest BCUT2D eigenvalue weighted by molar-refractivity contribution is 6.33. The van der Waals surface area contributed by atoms with Crippen molar-refractivity contribution < 1.29 is 19.4 Å². The zero-order valence-electron chi connectivity index (χ0n) is 22.1. The lowest BCUT2D eigenvalue weighted by Gasteiger charge is -2.25. The molecule has 0 aliphatic carbocycles. The minimum Gasteiger partial charge on any atom is -0.491 e. The second-order valence-electron chi connectivity index (χ2n) is 8.62. The lowest BCUT2D eigenvalue weighted by atomic mass is 10.0. The number of aliphatic hydroxyl groups is 1. The molecule has 1 aliphatic rings. The molecule has 0 saturated carbocycles. The zero-order chi connectivity index (χ0) is 27.4. The van der Waals surface area contributed by atoms with E-state index >= 15 is 0 Å². The number of carbonyl (C=O) groups is 2. The first-order valence-electron chi connectivity index (χ1n) is 12.5. The van der Waals surface area contributed by atoms with E-state index in [2.05, 4.69) is 15.3 Å². The summed E-state index contributed by atoms with van der Waals surface area (Å²) in [6, 6.07) is 14.4. The fraction of sp³-hybridized carbons (Fsp3) is 0.393. The number of aryl methyl sites for hydroxylation is 1. The van der Waals surface area contributed by atoms with Crippen LogP contribution in [0.5, 0.6) is 5.75 Å². The Labute approximate surface area is 224 Å². The van der Waals surface area contributed by atoms with Crippen LogP contribution < -0.4 is 10.1 Å². The Morgan fingerprint density at radius 2 is 1.84 bits per heavy atom. The second kappa shape index (κ2) is 15.0. The van der Waals surface area contributed by atoms with Crippen molar-refractivity contribution in [1.82, 2.24) is 20.2 Å². The van der Waals surface area contributed by atoms with Gasteiger partial charge in [-0.1, -0.05) is 69.6 Å². The lowest BCUT2D eigenvalue weighted by Crippen LogP contribution is -2.36. The number of hydrogen-bond acceptors (Lipinski definition) is 5. The number of aromatic nitrogens is 2. The molecular formula is C28H37ClN4O4. The van der Waals surface area contributed by atoms with Crippen molar-refractivity contribution in [3.63, 3.8) is 0 Å². The Hall–Kier alpha value is -3.36. The van der Waals surface area contributed by atoms with Crippen molar-refractivity contribution in [3.05, 3.63) is 71.1 Å². The molecular weight excluding hydrogens is 492 g/mol. The Balaban J connectivity index is 0.000000336. The lowest BCUT2D eigenvalue weighted by molar-refractivity contribution is -0.127. The highest BCUT2D eigenvalue weighted by Gasteiger charge is 2.37. The Kier molecular flexibility index (Phi) is 12.1. The first-order valence-corrected chi connectivity index (χ1v) is 12.9. The van der Waals surface area contributed by atoms with Crippen molar-refractivity contribution >= 4 is 23.5 Å². The van der Waals surface area contributed by atoms with E-state index in [0.29, 0.717) is 29.8 Å². The monoisotopic (exact) mass is 528 g/mol. The number of H-pyrrole nitrogens is 1. The molecule has 1 saturated heterocycles. The number of rotatable bonds is 8. The van der Waals surface area contributed by atoms with Crippen molar-refractivity contribution in [1.29, 1.82) is 0 Å². The van der Waals surface area contributed by atoms with Crippen LogP contribution in [0.3, 0.4) is 0 Å². The molecule has 200 valence electrons. The van der Waals surface area contributed by atoms with E-state index in [1.807, 2.05) is 83.1 Å². The number of nitrogens with one attached hydrogen (secondary N) is 2. The summed E-state index contributed by atoms with van der Waals surface area (Å²) in [5.41, 5.74) is 2.68. The largest absolute Gasteiger partial charge is 0.491 e. The first-order chi connectivity index (χ1) is 17.8. The van der Waals surface area contributed by atoms with Gasteiger partial charge in [-0.3, -0.25) is 9.69 Å². The van der Waals surface area contributed by atoms with Crippen LogP contribution in [-0.4, -0.2) is 51.7 Å². The van der Waals surface area contributed by atoms with Crippen LogP contribution in [-0.2, 0) is 4.79 Å². The van der Waals surface area contributed by atoms with Gasteiger partial charge in [-0.2, -0.15) is 0 Å². The van der Waals surface area contributed by atoms with Crippen molar-refractivity contribution in [2.24, 2.45) is 5.92 Å². The molecule has 37 heavy (non-hydrogen) atoms. The number of ether oxygens (including phenoxy) is 1. The van der Waals surface area contributed by atoms with Crippen LogP contribution in [0, 0.1) is 12.8 Å². The smallest absolute Gasteiger partial charge is 0.325 e. The normalized spacial score (nSPS) is 13.4. The van der Waals surface area contributed by atoms with Gasteiger partial charge in [-0.25, -0.2) is 9.78 Å². The maximum Gasteiger partial charge on any atom is 0.325 e. The van der Waals surface area contributed by atoms with E-state index in [1.165, 1.54) is 4.90 Å². The minimum absolute atomic E-state index is 0.0325. The molecule has 9 heteroatoms. The van der Waals surface area contributed by atoms with Gasteiger partial charge in [0, 0.05) is 5.56 Å². The van der Waals surface area contributed by atoms with Gasteiger partial charge in [0.1, 0.15) is 18.2 Å². The van der Waals surface area contributed by atoms with Crippen molar-refractivity contribution in [2.75, 3.05) is 19.8 Å². The quantitative estimate of drug-likeness (QED) is 0.322.